The number of nitrogens with one attached hydrogen (secondary N) is 2. The summed E-state index contributed by atoms with van der Waals surface area (Å²) in [7, 11) is 0. The van der Waals surface area contributed by atoms with Crippen LogP contribution >= 0.6 is 11.6 Å². The van der Waals surface area contributed by atoms with E-state index in [1.54, 1.807) is 0 Å². The number of halogens is 1. The van der Waals surface area contributed by atoms with Crippen LogP contribution in [0.3, 0.4) is 0 Å². The first-order chi connectivity index (χ1) is 9.18. The number of hydrogen-bond acceptors (Lipinski definition) is 3. The van der Waals surface area contributed by atoms with E-state index in [1.165, 1.54) is 11.8 Å². The van der Waals surface area contributed by atoms with Gasteiger partial charge in [0.05, 0.1) is 11.9 Å². The van der Waals surface area contributed by atoms with Crippen molar-refractivity contribution in [1.29, 1.82) is 0 Å². The number of H-pyrrole nitrogens is 1. The fourth-order valence-electron chi connectivity index (χ4n) is 1.88. The summed E-state index contributed by atoms with van der Waals surface area (Å²) in [5.74, 6) is 0.447. The molecule has 0 fully saturated rings. The largest absolute Gasteiger partial charge is 0.382 e. The van der Waals surface area contributed by atoms with Crippen LogP contribution in [0.2, 0.25) is 5.02 Å². The highest BCUT2D eigenvalue weighted by molar-refractivity contribution is 6.32. The molecule has 0 amide bonds. The third-order valence-corrected chi connectivity index (χ3v) is 3.43. The molecule has 1 atom stereocenters. The van der Waals surface area contributed by atoms with Gasteiger partial charge in [0, 0.05) is 6.54 Å². The van der Waals surface area contributed by atoms with Crippen LogP contribution in [-0.4, -0.2) is 16.7 Å². The summed E-state index contributed by atoms with van der Waals surface area (Å²) >= 11 is 5.88. The van der Waals surface area contributed by atoms with Crippen molar-refractivity contribution in [3.05, 3.63) is 57.5 Å². The summed E-state index contributed by atoms with van der Waals surface area (Å²) in [6, 6.07) is 10.3. The molecule has 0 aliphatic carbocycles. The molecule has 4 nitrogen and oxygen atoms in total. The van der Waals surface area contributed by atoms with E-state index in [1.807, 2.05) is 18.2 Å². The fourth-order valence-corrected chi connectivity index (χ4v) is 2.04. The first kappa shape index (κ1) is 13.6. The monoisotopic (exact) mass is 277 g/mol. The van der Waals surface area contributed by atoms with E-state index < -0.39 is 0 Å². The molecule has 100 valence electrons. The van der Waals surface area contributed by atoms with Gasteiger partial charge < -0.3 is 5.32 Å². The van der Waals surface area contributed by atoms with E-state index in [-0.39, 0.29) is 10.6 Å². The van der Waals surface area contributed by atoms with Gasteiger partial charge in [-0.3, -0.25) is 4.79 Å². The van der Waals surface area contributed by atoms with E-state index in [4.69, 9.17) is 11.6 Å². The normalized spacial score (nSPS) is 12.1. The van der Waals surface area contributed by atoms with E-state index in [9.17, 15) is 4.79 Å². The number of anilines is 1. The number of benzene rings is 1. The molecule has 19 heavy (non-hydrogen) atoms. The molecule has 5 heteroatoms. The summed E-state index contributed by atoms with van der Waals surface area (Å²) < 4.78 is 0. The third kappa shape index (κ3) is 3.58. The van der Waals surface area contributed by atoms with Gasteiger partial charge in [0.1, 0.15) is 5.02 Å². The Balaban J connectivity index is 1.90. The van der Waals surface area contributed by atoms with Crippen molar-refractivity contribution in [2.45, 2.75) is 19.3 Å². The second kappa shape index (κ2) is 6.38. The Morgan fingerprint density at radius 2 is 2.11 bits per heavy atom. The van der Waals surface area contributed by atoms with E-state index in [2.05, 4.69) is 34.6 Å². The molecule has 0 radical (unpaired) electrons. The minimum Gasteiger partial charge on any atom is -0.382 e. The smallest absolute Gasteiger partial charge is 0.285 e. The Morgan fingerprint density at radius 1 is 1.37 bits per heavy atom. The molecular formula is C14H16ClN3O. The Hall–Kier alpha value is -1.81. The zero-order valence-electron chi connectivity index (χ0n) is 10.7. The Morgan fingerprint density at radius 3 is 2.84 bits per heavy atom. The predicted molar refractivity (Wildman–Crippen MR) is 77.8 cm³/mol. The van der Waals surface area contributed by atoms with Gasteiger partial charge in [0.15, 0.2) is 0 Å². The maximum Gasteiger partial charge on any atom is 0.285 e. The van der Waals surface area contributed by atoms with E-state index in [0.717, 1.165) is 13.0 Å². The van der Waals surface area contributed by atoms with Gasteiger partial charge in [-0.25, -0.2) is 5.10 Å². The minimum absolute atomic E-state index is 0.155. The van der Waals surface area contributed by atoms with Gasteiger partial charge in [-0.1, -0.05) is 48.9 Å². The molecule has 0 saturated carbocycles. The van der Waals surface area contributed by atoms with E-state index >= 15 is 0 Å². The zero-order chi connectivity index (χ0) is 13.7. The summed E-state index contributed by atoms with van der Waals surface area (Å²) in [4.78, 5) is 11.3. The highest BCUT2D eigenvalue weighted by atomic mass is 35.5. The molecule has 1 unspecified atom stereocenters. The van der Waals surface area contributed by atoms with Crippen molar-refractivity contribution in [1.82, 2.24) is 10.2 Å². The van der Waals surface area contributed by atoms with Crippen LogP contribution in [0.25, 0.3) is 0 Å². The van der Waals surface area contributed by atoms with Crippen molar-refractivity contribution in [3.8, 4) is 0 Å². The van der Waals surface area contributed by atoms with Gasteiger partial charge >= 0.3 is 0 Å². The molecule has 0 spiro atoms. The molecule has 0 aliphatic rings. The van der Waals surface area contributed by atoms with Crippen LogP contribution in [0.15, 0.2) is 41.3 Å². The lowest BCUT2D eigenvalue weighted by atomic mass is 9.98. The molecular weight excluding hydrogens is 262 g/mol. The van der Waals surface area contributed by atoms with Gasteiger partial charge in [-0.05, 0) is 17.9 Å². The Labute approximate surface area is 116 Å². The summed E-state index contributed by atoms with van der Waals surface area (Å²) in [5.41, 5.74) is 1.51. The molecule has 2 aromatic rings. The van der Waals surface area contributed by atoms with Crippen LogP contribution in [0, 0.1) is 0 Å². The summed E-state index contributed by atoms with van der Waals surface area (Å²) in [6.07, 6.45) is 2.48. The Kier molecular flexibility index (Phi) is 4.58. The van der Waals surface area contributed by atoms with Crippen LogP contribution < -0.4 is 10.9 Å². The first-order valence-corrected chi connectivity index (χ1v) is 6.58. The van der Waals surface area contributed by atoms with Gasteiger partial charge in [-0.15, -0.1) is 0 Å². The lowest BCUT2D eigenvalue weighted by Crippen LogP contribution is -2.13. The number of aromatic nitrogens is 2. The predicted octanol–water partition coefficient (Wildman–Crippen LogP) is 3.03. The molecule has 0 bridgehead atoms. The van der Waals surface area contributed by atoms with Crippen LogP contribution in [0.4, 0.5) is 5.69 Å². The van der Waals surface area contributed by atoms with Crippen molar-refractivity contribution in [2.24, 2.45) is 0 Å². The van der Waals surface area contributed by atoms with Crippen molar-refractivity contribution in [2.75, 3.05) is 11.9 Å². The minimum atomic E-state index is -0.372. The van der Waals surface area contributed by atoms with E-state index in [0.29, 0.717) is 11.6 Å². The quantitative estimate of drug-likeness (QED) is 0.883. The number of hydrogen-bond donors (Lipinski definition) is 2. The lowest BCUT2D eigenvalue weighted by Gasteiger charge is -2.13. The first-order valence-electron chi connectivity index (χ1n) is 6.20. The van der Waals surface area contributed by atoms with Crippen molar-refractivity contribution >= 4 is 17.3 Å². The SMILES string of the molecule is CC(CCNc1cn[nH]c(=O)c1Cl)c1ccccc1. The molecule has 0 aliphatic heterocycles. The molecule has 0 saturated heterocycles. The maximum atomic E-state index is 11.3. The second-order valence-corrected chi connectivity index (χ2v) is 4.83. The molecule has 2 rings (SSSR count). The molecule has 1 heterocycles. The molecule has 2 N–H and O–H groups in total. The second-order valence-electron chi connectivity index (χ2n) is 4.45. The Bertz CT molecular complexity index is 583. The standard InChI is InChI=1S/C14H16ClN3O/c1-10(11-5-3-2-4-6-11)7-8-16-12-9-17-18-14(19)13(12)15/h2-6,9-10H,7-8H2,1H3,(H2,16,18,19). The highest BCUT2D eigenvalue weighted by Gasteiger charge is 2.07. The van der Waals surface area contributed by atoms with Gasteiger partial charge in [0.25, 0.3) is 5.56 Å². The number of aromatic amines is 1. The summed E-state index contributed by atoms with van der Waals surface area (Å²) in [5, 5.41) is 9.30. The molecule has 1 aromatic heterocycles. The number of rotatable bonds is 5. The van der Waals surface area contributed by atoms with Gasteiger partial charge in [-0.2, -0.15) is 5.10 Å². The maximum absolute atomic E-state index is 11.3. The average Bonchev–Trinajstić information content (AvgIpc) is 2.44. The fraction of sp³-hybridized carbons (Fsp3) is 0.286. The van der Waals surface area contributed by atoms with Crippen molar-refractivity contribution in [3.63, 3.8) is 0 Å². The molecule has 1 aromatic carbocycles. The van der Waals surface area contributed by atoms with Crippen LogP contribution in [-0.2, 0) is 0 Å². The summed E-state index contributed by atoms with van der Waals surface area (Å²) in [6.45, 7) is 2.91. The lowest BCUT2D eigenvalue weighted by molar-refractivity contribution is 0.705. The number of nitrogens with zero attached hydrogens (tertiary/aromatic N) is 1. The highest BCUT2D eigenvalue weighted by Crippen LogP contribution is 2.19. The third-order valence-electron chi connectivity index (χ3n) is 3.06. The van der Waals surface area contributed by atoms with Gasteiger partial charge in [0.2, 0.25) is 0 Å². The van der Waals surface area contributed by atoms with Crippen LogP contribution in [0.1, 0.15) is 24.8 Å². The average molecular weight is 278 g/mol. The topological polar surface area (TPSA) is 57.8 Å². The van der Waals surface area contributed by atoms with Crippen LogP contribution in [0.5, 0.6) is 0 Å². The zero-order valence-corrected chi connectivity index (χ0v) is 11.4. The van der Waals surface area contributed by atoms with Crippen molar-refractivity contribution < 1.29 is 0 Å².